The Morgan fingerprint density at radius 2 is 1.74 bits per heavy atom. The van der Waals surface area contributed by atoms with E-state index < -0.39 is 0 Å². The second-order valence-corrected chi connectivity index (χ2v) is 10.6. The van der Waals surface area contributed by atoms with Gasteiger partial charge in [-0.3, -0.25) is 10.00 Å². The zero-order valence-electron chi connectivity index (χ0n) is 22.1. The van der Waals surface area contributed by atoms with Gasteiger partial charge in [0, 0.05) is 67.3 Å². The minimum Gasteiger partial charge on any atom is -0.378 e. The number of aromatic nitrogens is 4. The van der Waals surface area contributed by atoms with E-state index in [2.05, 4.69) is 91.3 Å². The summed E-state index contributed by atoms with van der Waals surface area (Å²) < 4.78 is 5.49. The van der Waals surface area contributed by atoms with Gasteiger partial charge in [-0.2, -0.15) is 10.1 Å². The molecule has 2 aromatic heterocycles. The maximum atomic E-state index is 5.49. The van der Waals surface area contributed by atoms with Crippen molar-refractivity contribution in [2.24, 2.45) is 0 Å². The lowest BCUT2D eigenvalue weighted by Gasteiger charge is -2.29. The van der Waals surface area contributed by atoms with Crippen molar-refractivity contribution in [3.8, 4) is 0 Å². The molecule has 9 heteroatoms. The highest BCUT2D eigenvalue weighted by Gasteiger charge is 2.27. The summed E-state index contributed by atoms with van der Waals surface area (Å²) in [4.78, 5) is 14.7. The molecule has 0 amide bonds. The monoisotopic (exact) mass is 522 g/mol. The molecular formula is C30H34N8O. The van der Waals surface area contributed by atoms with Gasteiger partial charge in [-0.25, -0.2) is 4.98 Å². The Morgan fingerprint density at radius 1 is 0.923 bits per heavy atom. The molecular weight excluding hydrogens is 488 g/mol. The lowest BCUT2D eigenvalue weighted by atomic mass is 10.0. The van der Waals surface area contributed by atoms with E-state index in [1.165, 1.54) is 35.3 Å². The predicted molar refractivity (Wildman–Crippen MR) is 153 cm³/mol. The van der Waals surface area contributed by atoms with Crippen LogP contribution >= 0.6 is 0 Å². The average Bonchev–Trinajstić information content (AvgIpc) is 3.73. The molecule has 0 atom stereocenters. The van der Waals surface area contributed by atoms with Crippen LogP contribution in [-0.4, -0.2) is 57.9 Å². The first-order valence-corrected chi connectivity index (χ1v) is 13.9. The number of fused-ring (bicyclic) bond motifs is 1. The van der Waals surface area contributed by atoms with Crippen LogP contribution in [0.1, 0.15) is 41.3 Å². The van der Waals surface area contributed by atoms with E-state index in [1.807, 2.05) is 0 Å². The number of H-pyrrole nitrogens is 1. The number of nitrogens with one attached hydrogen (secondary N) is 3. The molecule has 39 heavy (non-hydrogen) atoms. The summed E-state index contributed by atoms with van der Waals surface area (Å²) in [7, 11) is 0. The van der Waals surface area contributed by atoms with Crippen molar-refractivity contribution in [2.75, 3.05) is 48.4 Å². The fourth-order valence-electron chi connectivity index (χ4n) is 5.45. The molecule has 0 unspecified atom stereocenters. The van der Waals surface area contributed by atoms with E-state index >= 15 is 0 Å². The van der Waals surface area contributed by atoms with Crippen LogP contribution in [0.25, 0.3) is 0 Å². The average molecular weight is 523 g/mol. The Labute approximate surface area is 228 Å². The number of ether oxygens (including phenoxy) is 1. The predicted octanol–water partition coefficient (Wildman–Crippen LogP) is 4.96. The molecule has 1 saturated heterocycles. The summed E-state index contributed by atoms with van der Waals surface area (Å²) in [5.74, 6) is 2.86. The summed E-state index contributed by atoms with van der Waals surface area (Å²) in [6, 6.07) is 21.2. The first-order chi connectivity index (χ1) is 19.3. The van der Waals surface area contributed by atoms with Gasteiger partial charge in [0.15, 0.2) is 5.82 Å². The normalized spacial score (nSPS) is 17.6. The molecule has 9 nitrogen and oxygen atoms in total. The van der Waals surface area contributed by atoms with Crippen LogP contribution in [0.2, 0.25) is 0 Å². The van der Waals surface area contributed by atoms with E-state index in [4.69, 9.17) is 14.7 Å². The Morgan fingerprint density at radius 3 is 2.54 bits per heavy atom. The van der Waals surface area contributed by atoms with Crippen LogP contribution in [0.3, 0.4) is 0 Å². The summed E-state index contributed by atoms with van der Waals surface area (Å²) >= 11 is 0. The SMILES string of the molecule is c1ccc(CN2CCc3c(nc(Nc4ccc(N5CCOCC5)cc4)nc3Nc3cc(C4CC4)[nH]n3)C2)cc1. The summed E-state index contributed by atoms with van der Waals surface area (Å²) in [5.41, 5.74) is 6.91. The van der Waals surface area contributed by atoms with Crippen molar-refractivity contribution >= 4 is 29.0 Å². The number of anilines is 5. The molecule has 2 aromatic carbocycles. The van der Waals surface area contributed by atoms with Gasteiger partial charge in [0.1, 0.15) is 5.82 Å². The van der Waals surface area contributed by atoms with E-state index in [0.717, 1.165) is 75.4 Å². The zero-order chi connectivity index (χ0) is 26.0. The van der Waals surface area contributed by atoms with Crippen LogP contribution in [0, 0.1) is 0 Å². The van der Waals surface area contributed by atoms with Crippen molar-refractivity contribution in [3.05, 3.63) is 83.2 Å². The molecule has 2 aliphatic heterocycles. The van der Waals surface area contributed by atoms with Crippen LogP contribution in [0.5, 0.6) is 0 Å². The van der Waals surface area contributed by atoms with Crippen LogP contribution in [0.4, 0.5) is 29.0 Å². The maximum Gasteiger partial charge on any atom is 0.229 e. The van der Waals surface area contributed by atoms with Gasteiger partial charge in [-0.05, 0) is 49.1 Å². The molecule has 1 aliphatic carbocycles. The van der Waals surface area contributed by atoms with Gasteiger partial charge < -0.3 is 20.3 Å². The van der Waals surface area contributed by atoms with Gasteiger partial charge in [0.2, 0.25) is 5.95 Å². The Kier molecular flexibility index (Phi) is 6.60. The maximum absolute atomic E-state index is 5.49. The van der Waals surface area contributed by atoms with Crippen molar-refractivity contribution in [2.45, 2.75) is 38.3 Å². The molecule has 0 bridgehead atoms. The third kappa shape index (κ3) is 5.60. The number of aromatic amines is 1. The van der Waals surface area contributed by atoms with Crippen LogP contribution in [-0.2, 0) is 24.2 Å². The molecule has 0 radical (unpaired) electrons. The fourth-order valence-corrected chi connectivity index (χ4v) is 5.45. The lowest BCUT2D eigenvalue weighted by molar-refractivity contribution is 0.122. The van der Waals surface area contributed by atoms with Crippen LogP contribution < -0.4 is 15.5 Å². The highest BCUT2D eigenvalue weighted by atomic mass is 16.5. The molecule has 3 aliphatic rings. The minimum atomic E-state index is 0.592. The molecule has 0 spiro atoms. The Balaban J connectivity index is 1.14. The quantitative estimate of drug-likeness (QED) is 0.299. The van der Waals surface area contributed by atoms with Gasteiger partial charge >= 0.3 is 0 Å². The summed E-state index contributed by atoms with van der Waals surface area (Å²) in [6.45, 7) is 6.04. The largest absolute Gasteiger partial charge is 0.378 e. The van der Waals surface area contributed by atoms with E-state index in [9.17, 15) is 0 Å². The molecule has 200 valence electrons. The molecule has 4 heterocycles. The Hall–Kier alpha value is -3.95. The third-order valence-corrected chi connectivity index (χ3v) is 7.75. The molecule has 4 aromatic rings. The van der Waals surface area contributed by atoms with Crippen molar-refractivity contribution in [1.29, 1.82) is 0 Å². The number of rotatable bonds is 8. The number of morpholine rings is 1. The van der Waals surface area contributed by atoms with Crippen molar-refractivity contribution in [1.82, 2.24) is 25.1 Å². The highest BCUT2D eigenvalue weighted by Crippen LogP contribution is 2.40. The topological polar surface area (TPSA) is 94.2 Å². The second-order valence-electron chi connectivity index (χ2n) is 10.6. The van der Waals surface area contributed by atoms with Gasteiger partial charge in [-0.15, -0.1) is 0 Å². The Bertz CT molecular complexity index is 1410. The highest BCUT2D eigenvalue weighted by molar-refractivity contribution is 5.64. The molecule has 3 N–H and O–H groups in total. The van der Waals surface area contributed by atoms with E-state index in [-0.39, 0.29) is 0 Å². The zero-order valence-corrected chi connectivity index (χ0v) is 22.1. The third-order valence-electron chi connectivity index (χ3n) is 7.75. The number of nitrogens with zero attached hydrogens (tertiary/aromatic N) is 5. The summed E-state index contributed by atoms with van der Waals surface area (Å²) in [6.07, 6.45) is 3.36. The van der Waals surface area contributed by atoms with Crippen molar-refractivity contribution < 1.29 is 4.74 Å². The number of hydrogen-bond donors (Lipinski definition) is 3. The second kappa shape index (κ2) is 10.7. The standard InChI is InChI=1S/C30H34N8O/c1-2-4-21(5-3-1)19-37-13-12-25-27(20-37)32-30(34-29(25)33-28-18-26(35-36-28)22-6-7-22)31-23-8-10-24(11-9-23)38-14-16-39-17-15-38/h1-5,8-11,18,22H,6-7,12-17,19-20H2,(H3,31,32,33,34,35,36). The van der Waals surface area contributed by atoms with Gasteiger partial charge in [-0.1, -0.05) is 30.3 Å². The lowest BCUT2D eigenvalue weighted by Crippen LogP contribution is -2.36. The molecule has 2 fully saturated rings. The number of hydrogen-bond acceptors (Lipinski definition) is 8. The fraction of sp³-hybridized carbons (Fsp3) is 0.367. The molecule has 1 saturated carbocycles. The van der Waals surface area contributed by atoms with Gasteiger partial charge in [0.25, 0.3) is 0 Å². The number of benzene rings is 2. The molecule has 7 rings (SSSR count). The van der Waals surface area contributed by atoms with Crippen LogP contribution in [0.15, 0.2) is 60.7 Å². The minimum absolute atomic E-state index is 0.592. The first kappa shape index (κ1) is 24.1. The smallest absolute Gasteiger partial charge is 0.229 e. The van der Waals surface area contributed by atoms with Crippen molar-refractivity contribution in [3.63, 3.8) is 0 Å². The van der Waals surface area contributed by atoms with E-state index in [1.54, 1.807) is 0 Å². The van der Waals surface area contributed by atoms with Gasteiger partial charge in [0.05, 0.1) is 18.9 Å². The first-order valence-electron chi connectivity index (χ1n) is 13.9. The van der Waals surface area contributed by atoms with E-state index in [0.29, 0.717) is 11.9 Å². The summed E-state index contributed by atoms with van der Waals surface area (Å²) in [5, 5.41) is 14.7.